The number of hydrogen-bond donors (Lipinski definition) is 3. The molecule has 0 radical (unpaired) electrons. The number of piperidine rings is 1. The third kappa shape index (κ3) is 3.88. The van der Waals surface area contributed by atoms with Gasteiger partial charge in [0.2, 0.25) is 17.8 Å². The maximum atomic E-state index is 13.1. The number of hydrogen-bond acceptors (Lipinski definition) is 7. The van der Waals surface area contributed by atoms with Crippen molar-refractivity contribution >= 4 is 29.3 Å². The molecule has 0 bridgehead atoms. The van der Waals surface area contributed by atoms with Crippen LogP contribution in [0.2, 0.25) is 0 Å². The Morgan fingerprint density at radius 2 is 2.03 bits per heavy atom. The van der Waals surface area contributed by atoms with E-state index in [0.29, 0.717) is 42.3 Å². The summed E-state index contributed by atoms with van der Waals surface area (Å²) in [4.78, 5) is 47.7. The second kappa shape index (κ2) is 8.18. The third-order valence-electron chi connectivity index (χ3n) is 6.02. The van der Waals surface area contributed by atoms with Gasteiger partial charge >= 0.3 is 0 Å². The average molecular weight is 439 g/mol. The normalized spacial score (nSPS) is 22.0. The Hall–Kier alpha value is -3.56. The fourth-order valence-corrected chi connectivity index (χ4v) is 4.47. The van der Waals surface area contributed by atoms with Crippen LogP contribution in [-0.2, 0) is 9.59 Å². The molecule has 168 valence electrons. The number of aromatic nitrogens is 2. The first-order valence-electron chi connectivity index (χ1n) is 10.9. The van der Waals surface area contributed by atoms with E-state index in [1.54, 1.807) is 18.2 Å². The van der Waals surface area contributed by atoms with Gasteiger partial charge in [0.1, 0.15) is 19.0 Å². The highest BCUT2D eigenvalue weighted by molar-refractivity contribution is 6.04. The second-order valence-corrected chi connectivity index (χ2v) is 8.50. The molecule has 5 rings (SSSR count). The van der Waals surface area contributed by atoms with E-state index in [1.807, 2.05) is 4.90 Å². The first kappa shape index (κ1) is 20.3. The number of fused-ring (bicyclic) bond motifs is 2. The fraction of sp³-hybridized carbons (Fsp3) is 0.455. The van der Waals surface area contributed by atoms with Gasteiger partial charge in [0.15, 0.2) is 11.5 Å². The zero-order chi connectivity index (χ0) is 22.2. The van der Waals surface area contributed by atoms with Gasteiger partial charge in [-0.25, -0.2) is 0 Å². The van der Waals surface area contributed by atoms with E-state index in [4.69, 9.17) is 9.47 Å². The molecule has 0 aliphatic carbocycles. The smallest absolute Gasteiger partial charge is 0.258 e. The molecule has 0 saturated carbocycles. The molecule has 1 aromatic carbocycles. The van der Waals surface area contributed by atoms with Crippen molar-refractivity contribution in [1.29, 1.82) is 0 Å². The molecule has 0 spiro atoms. The van der Waals surface area contributed by atoms with Crippen LogP contribution in [0.5, 0.6) is 11.5 Å². The highest BCUT2D eigenvalue weighted by Gasteiger charge is 2.35. The molecule has 1 fully saturated rings. The van der Waals surface area contributed by atoms with Gasteiger partial charge in [-0.1, -0.05) is 6.92 Å². The molecule has 3 aliphatic rings. The number of H-pyrrole nitrogens is 1. The van der Waals surface area contributed by atoms with Crippen molar-refractivity contribution in [3.8, 4) is 11.5 Å². The second-order valence-electron chi connectivity index (χ2n) is 8.50. The van der Waals surface area contributed by atoms with Crippen LogP contribution in [0, 0.1) is 5.92 Å². The van der Waals surface area contributed by atoms with Crippen LogP contribution in [0.25, 0.3) is 0 Å². The van der Waals surface area contributed by atoms with E-state index in [2.05, 4.69) is 27.5 Å². The van der Waals surface area contributed by atoms with E-state index in [0.717, 1.165) is 25.9 Å². The number of nitrogens with one attached hydrogen (secondary N) is 3. The number of benzene rings is 1. The molecular formula is C22H25N5O5. The molecule has 32 heavy (non-hydrogen) atoms. The van der Waals surface area contributed by atoms with Crippen molar-refractivity contribution in [2.24, 2.45) is 5.92 Å². The minimum Gasteiger partial charge on any atom is -0.486 e. The maximum Gasteiger partial charge on any atom is 0.258 e. The molecule has 3 aliphatic heterocycles. The summed E-state index contributed by atoms with van der Waals surface area (Å²) in [5, 5.41) is 5.46. The Bertz CT molecular complexity index is 1130. The summed E-state index contributed by atoms with van der Waals surface area (Å²) in [5.41, 5.74) is 0.258. The Balaban J connectivity index is 1.42. The molecule has 2 amide bonds. The monoisotopic (exact) mass is 439 g/mol. The van der Waals surface area contributed by atoms with Crippen LogP contribution in [-0.4, -0.2) is 48.1 Å². The zero-order valence-corrected chi connectivity index (χ0v) is 17.8. The van der Waals surface area contributed by atoms with Gasteiger partial charge in [-0.2, -0.15) is 4.98 Å². The molecule has 0 unspecified atom stereocenters. The Morgan fingerprint density at radius 1 is 1.22 bits per heavy atom. The predicted octanol–water partition coefficient (Wildman–Crippen LogP) is 1.84. The number of carbonyl (C=O) groups is 2. The molecule has 10 nitrogen and oxygen atoms in total. The van der Waals surface area contributed by atoms with Gasteiger partial charge in [0, 0.05) is 31.3 Å². The molecular weight excluding hydrogens is 414 g/mol. The highest BCUT2D eigenvalue weighted by Crippen LogP contribution is 2.34. The van der Waals surface area contributed by atoms with Gasteiger partial charge in [-0.15, -0.1) is 0 Å². The van der Waals surface area contributed by atoms with Gasteiger partial charge in [0.25, 0.3) is 5.56 Å². The number of anilines is 3. The predicted molar refractivity (Wildman–Crippen MR) is 118 cm³/mol. The van der Waals surface area contributed by atoms with Crippen molar-refractivity contribution in [3.63, 3.8) is 0 Å². The van der Waals surface area contributed by atoms with Gasteiger partial charge < -0.3 is 25.0 Å². The Labute approximate surface area is 184 Å². The lowest BCUT2D eigenvalue weighted by Gasteiger charge is -2.32. The Morgan fingerprint density at radius 3 is 2.84 bits per heavy atom. The van der Waals surface area contributed by atoms with Crippen molar-refractivity contribution in [3.05, 3.63) is 34.1 Å². The fourth-order valence-electron chi connectivity index (χ4n) is 4.47. The van der Waals surface area contributed by atoms with E-state index in [1.165, 1.54) is 0 Å². The van der Waals surface area contributed by atoms with Gasteiger partial charge in [-0.05, 0) is 30.9 Å². The number of aromatic amines is 1. The highest BCUT2D eigenvalue weighted by atomic mass is 16.6. The van der Waals surface area contributed by atoms with Crippen LogP contribution >= 0.6 is 0 Å². The van der Waals surface area contributed by atoms with Crippen LogP contribution < -0.4 is 30.6 Å². The summed E-state index contributed by atoms with van der Waals surface area (Å²) in [6, 6.07) is 5.07. The summed E-state index contributed by atoms with van der Waals surface area (Å²) >= 11 is 0. The molecule has 4 heterocycles. The van der Waals surface area contributed by atoms with Crippen molar-refractivity contribution in [2.75, 3.05) is 41.8 Å². The standard InChI is InChI=1S/C22H25N5O5/c1-12-3-2-6-27(11-12)22-25-19-18(21(30)26-22)14(10-17(28)24-19)20(29)23-13-4-5-15-16(9-13)32-8-7-31-15/h4-5,9,12,14H,2-3,6-8,10-11H2,1H3,(H,23,29)(H2,24,25,26,28,30)/t12-,14+/m1/s1. The topological polar surface area (TPSA) is 126 Å². The number of nitrogens with zero attached hydrogens (tertiary/aromatic N) is 2. The first-order chi connectivity index (χ1) is 15.5. The minimum absolute atomic E-state index is 0.131. The SMILES string of the molecule is C[C@@H]1CCCN(c2nc3c(c(=O)[nH]2)[C@@H](C(=O)Nc2ccc4c(c2)OCCO4)CC(=O)N3)C1. The molecule has 3 N–H and O–H groups in total. The average Bonchev–Trinajstić information content (AvgIpc) is 2.78. The van der Waals surface area contributed by atoms with E-state index >= 15 is 0 Å². The van der Waals surface area contributed by atoms with Crippen LogP contribution in [0.4, 0.5) is 17.5 Å². The molecule has 2 atom stereocenters. The van der Waals surface area contributed by atoms with Gasteiger partial charge in [0.05, 0.1) is 11.5 Å². The number of ether oxygens (including phenoxy) is 2. The van der Waals surface area contributed by atoms with Crippen molar-refractivity contribution in [1.82, 2.24) is 9.97 Å². The summed E-state index contributed by atoms with van der Waals surface area (Å²) in [6.07, 6.45) is 2.01. The molecule has 10 heteroatoms. The lowest BCUT2D eigenvalue weighted by molar-refractivity contribution is -0.123. The van der Waals surface area contributed by atoms with Crippen molar-refractivity contribution in [2.45, 2.75) is 32.1 Å². The van der Waals surface area contributed by atoms with E-state index < -0.39 is 17.4 Å². The zero-order valence-electron chi connectivity index (χ0n) is 17.8. The molecule has 1 saturated heterocycles. The quantitative estimate of drug-likeness (QED) is 0.666. The largest absolute Gasteiger partial charge is 0.486 e. The lowest BCUT2D eigenvalue weighted by Crippen LogP contribution is -2.40. The molecule has 1 aromatic heterocycles. The first-order valence-corrected chi connectivity index (χ1v) is 10.9. The van der Waals surface area contributed by atoms with E-state index in [-0.39, 0.29) is 23.7 Å². The summed E-state index contributed by atoms with van der Waals surface area (Å²) in [7, 11) is 0. The number of rotatable bonds is 3. The van der Waals surface area contributed by atoms with Gasteiger partial charge in [-0.3, -0.25) is 19.4 Å². The van der Waals surface area contributed by atoms with Crippen LogP contribution in [0.3, 0.4) is 0 Å². The summed E-state index contributed by atoms with van der Waals surface area (Å²) in [5.74, 6) is 0.462. The van der Waals surface area contributed by atoms with Crippen molar-refractivity contribution < 1.29 is 19.1 Å². The number of amides is 2. The van der Waals surface area contributed by atoms with Crippen LogP contribution in [0.1, 0.15) is 37.7 Å². The summed E-state index contributed by atoms with van der Waals surface area (Å²) < 4.78 is 11.0. The van der Waals surface area contributed by atoms with Crippen LogP contribution in [0.15, 0.2) is 23.0 Å². The number of carbonyl (C=O) groups excluding carboxylic acids is 2. The third-order valence-corrected chi connectivity index (χ3v) is 6.02. The maximum absolute atomic E-state index is 13.1. The Kier molecular flexibility index (Phi) is 5.20. The summed E-state index contributed by atoms with van der Waals surface area (Å²) in [6.45, 7) is 4.63. The lowest BCUT2D eigenvalue weighted by atomic mass is 9.92. The minimum atomic E-state index is -0.947. The van der Waals surface area contributed by atoms with E-state index in [9.17, 15) is 14.4 Å². The molecule has 2 aromatic rings.